The van der Waals surface area contributed by atoms with Crippen molar-refractivity contribution >= 4 is 134 Å². The van der Waals surface area contributed by atoms with Crippen LogP contribution >= 0.6 is 11.8 Å². The highest BCUT2D eigenvalue weighted by Gasteiger charge is 2.47. The Morgan fingerprint density at radius 2 is 1.05 bits per heavy atom. The van der Waals surface area contributed by atoms with Gasteiger partial charge in [0.25, 0.3) is 0 Å². The summed E-state index contributed by atoms with van der Waals surface area (Å²) < 4.78 is 5.36. The van der Waals surface area contributed by atoms with E-state index in [0.717, 1.165) is 26.5 Å². The fraction of sp³-hybridized carbons (Fsp3) is 0.571. The van der Waals surface area contributed by atoms with Crippen LogP contribution < -0.4 is 75.9 Å². The Kier molecular flexibility index (Phi) is 41.4. The Morgan fingerprint density at radius 3 is 1.66 bits per heavy atom. The first kappa shape index (κ1) is 105. The summed E-state index contributed by atoms with van der Waals surface area (Å²) in [6.07, 6.45) is 0.336. The zero-order chi connectivity index (χ0) is 96.6. The highest BCUT2D eigenvalue weighted by atomic mass is 32.2. The number of rotatable bonds is 29. The molecule has 0 radical (unpaired) electrons. The van der Waals surface area contributed by atoms with E-state index >= 15 is 33.6 Å². The summed E-state index contributed by atoms with van der Waals surface area (Å²) in [6, 6.07) is 1.78. The van der Waals surface area contributed by atoms with Crippen molar-refractivity contribution in [3.05, 3.63) is 102 Å². The number of Topliss-reactive ketones (excluding diaryl/α,β-unsaturated/α-hetero) is 2. The van der Waals surface area contributed by atoms with Crippen molar-refractivity contribution in [2.45, 2.75) is 247 Å². The molecule has 3 saturated heterocycles. The van der Waals surface area contributed by atoms with E-state index in [1.165, 1.54) is 45.0 Å². The maximum absolute atomic E-state index is 15.8. The molecule has 3 aliphatic heterocycles. The van der Waals surface area contributed by atoms with Crippen molar-refractivity contribution < 1.29 is 96.5 Å². The minimum atomic E-state index is -1.78. The molecule has 722 valence electrons. The number of fused-ring (bicyclic) bond motifs is 4. The third kappa shape index (κ3) is 29.3. The molecule has 5 aromatic rings. The summed E-state index contributed by atoms with van der Waals surface area (Å²) in [5.41, 5.74) is 32.5. The fourth-order valence-corrected chi connectivity index (χ4v) is 17.7. The fourth-order valence-electron chi connectivity index (χ4n) is 16.8. The third-order valence-electron chi connectivity index (χ3n) is 24.6. The van der Waals surface area contributed by atoms with Gasteiger partial charge in [0.2, 0.25) is 82.7 Å². The van der Waals surface area contributed by atoms with Crippen LogP contribution in [0, 0.1) is 5.92 Å². The number of aliphatic carboxylic acids is 1. The summed E-state index contributed by atoms with van der Waals surface area (Å²) in [5, 5.41) is 45.1. The molecule has 0 bridgehead atoms. The van der Waals surface area contributed by atoms with Crippen molar-refractivity contribution in [3.8, 4) is 5.75 Å². The number of hydrogen-bond acceptors (Lipinski definition) is 24. The van der Waals surface area contributed by atoms with Crippen molar-refractivity contribution in [2.75, 3.05) is 79.0 Å². The minimum absolute atomic E-state index is 0.00240. The summed E-state index contributed by atoms with van der Waals surface area (Å²) in [7, 11) is 5.47. The zero-order valence-corrected chi connectivity index (χ0v) is 77.0. The number of nitrogens with two attached hydrogens (primary N) is 5. The van der Waals surface area contributed by atoms with Crippen molar-refractivity contribution in [2.24, 2.45) is 34.6 Å². The number of carbonyl (C=O) groups is 17. The van der Waals surface area contributed by atoms with E-state index < -0.39 is 242 Å². The number of unbranched alkanes of at least 4 members (excludes halogenated alkanes) is 3. The van der Waals surface area contributed by atoms with Crippen LogP contribution in [0.5, 0.6) is 5.75 Å². The molecule has 3 aliphatic rings. The molecule has 3 aromatic carbocycles. The number of nitrogens with zero attached hydrogens (tertiary/aromatic N) is 5. The Labute approximate surface area is 771 Å². The number of thioether (sulfide) groups is 1. The number of ether oxygens (including phenoxy) is 1. The molecule has 15 atom stereocenters. The van der Waals surface area contributed by atoms with Gasteiger partial charge in [-0.25, -0.2) is 0 Å². The molecule has 14 amide bonds. The topological polar surface area (TPSA) is 614 Å². The second kappa shape index (κ2) is 51.8. The van der Waals surface area contributed by atoms with Crippen LogP contribution in [0.15, 0.2) is 85.2 Å². The average molecular weight is 1860 g/mol. The SMILES string of the molecule is CCCC[C@H]1C(=O)N(C)[C@@H](CCCC)C(=O)N[C@@H](CCCN)C(=O)N[C@H](C(=O)CCC(N)=O)CSCC(=O)N[C@@H](Cc2ccc(OC)cc2)C(=O)N(C)[C@@H](C)C(=O)N[C@@H](CCN)C(=O)N2CCC[C@H]2C(=O)N[C@@H](CN)C(=O)N[C@@H](CCCCN)C(=O)N2C[C@H](O)C[C@H]2C(=O)N[C@@H](Cc2c[nH]c3ccccc23)C(=O)C[C@@H](CC(=O)O)C(=O)N[C@@H](Cc2c[nH]c3ccccc23)C(=O)N1C. The number of carboxylic acids is 1. The van der Waals surface area contributed by atoms with E-state index in [9.17, 15) is 58.2 Å². The molecule has 3 fully saturated rings. The number of benzene rings is 3. The van der Waals surface area contributed by atoms with Gasteiger partial charge in [0, 0.05) is 126 Å². The Hall–Kier alpha value is -11.9. The standard InChI is InChI=1S/C91H132N20O20S/c1-8-10-26-71-84(123)100-63(25-18-37-93)82(121)106-70(75(113)33-34-77(96)115)50-132-51-78(116)99-67(40-53-29-31-58(131-7)32-30-53)87(126)107(4)52(3)80(119)101-65(35-38-94)89(128)110-39-19-28-72(110)85(124)105-69(46-95)83(122)102-64(24-16-17-36-92)90(129)111-49-57(112)45-74(111)86(125)103-66(41-55-47-97-61-22-14-12-20-59(55)61)76(114)43-54(44-79(117)118)81(120)104-68(42-56-48-98-62-23-15-13-21-60(56)62)88(127)109(6)73(27-11-9-2)91(130)108(71)5/h12-15,20-23,29-32,47-48,52,54,57,63-74,97-98,112H,8-11,16-19,24-28,33-46,49-51,92-95H2,1-7H3,(H2,96,115)(H,99,116)(H,100,123)(H,101,119)(H,102,122)(H,103,125)(H,104,120)(H,105,124)(H,106,121)(H,117,118)/t52-,54-,57+,63-,64-,65-,66-,67-,68-,69-,70-,71-,72-,73-,74-/m0/s1. The number of carboxylic acid groups (broad SMARTS) is 1. The molecule has 8 rings (SSSR count). The normalized spacial score (nSPS) is 25.2. The molecule has 5 heterocycles. The smallest absolute Gasteiger partial charge is 0.304 e. The van der Waals surface area contributed by atoms with Crippen LogP contribution in [0.25, 0.3) is 21.8 Å². The molecule has 0 unspecified atom stereocenters. The third-order valence-corrected chi connectivity index (χ3v) is 25.6. The Morgan fingerprint density at radius 1 is 0.515 bits per heavy atom. The first-order valence-corrected chi connectivity index (χ1v) is 46.4. The number of aromatic nitrogens is 2. The van der Waals surface area contributed by atoms with Crippen LogP contribution in [-0.4, -0.2) is 309 Å². The second-order valence-electron chi connectivity index (χ2n) is 34.1. The van der Waals surface area contributed by atoms with Gasteiger partial charge in [0.15, 0.2) is 11.6 Å². The number of nitrogens with one attached hydrogen (secondary N) is 10. The molecule has 2 aromatic heterocycles. The molecular formula is C91H132N20O20S. The Balaban J connectivity index is 1.19. The lowest BCUT2D eigenvalue weighted by Gasteiger charge is -2.36. The number of aromatic amines is 2. The first-order valence-electron chi connectivity index (χ1n) is 45.3. The van der Waals surface area contributed by atoms with E-state index in [2.05, 4.69) is 52.5 Å². The summed E-state index contributed by atoms with van der Waals surface area (Å²) >= 11 is 0.857. The zero-order valence-electron chi connectivity index (χ0n) is 76.2. The molecule has 40 nitrogen and oxygen atoms in total. The molecule has 41 heteroatoms. The maximum Gasteiger partial charge on any atom is 0.304 e. The number of para-hydroxylation sites is 2. The number of aliphatic hydroxyl groups is 1. The van der Waals surface area contributed by atoms with Crippen molar-refractivity contribution in [1.29, 1.82) is 0 Å². The quantitative estimate of drug-likeness (QED) is 0.0261. The average Bonchev–Trinajstić information content (AvgIpc) is 1.55. The van der Waals surface area contributed by atoms with Crippen molar-refractivity contribution in [1.82, 2.24) is 77.0 Å². The van der Waals surface area contributed by atoms with E-state index in [1.54, 1.807) is 85.2 Å². The minimum Gasteiger partial charge on any atom is -0.497 e. The molecule has 0 saturated carbocycles. The van der Waals surface area contributed by atoms with Crippen LogP contribution in [0.2, 0.25) is 0 Å². The highest BCUT2D eigenvalue weighted by molar-refractivity contribution is 8.00. The number of aliphatic hydroxyl groups excluding tert-OH is 1. The summed E-state index contributed by atoms with van der Waals surface area (Å²) in [4.78, 5) is 262. The number of H-pyrrole nitrogens is 2. The number of carbonyl (C=O) groups excluding carboxylic acids is 16. The molecule has 0 aliphatic carbocycles. The van der Waals surface area contributed by atoms with Gasteiger partial charge in [-0.2, -0.15) is 0 Å². The summed E-state index contributed by atoms with van der Waals surface area (Å²) in [5.74, 6) is -17.2. The number of primary amides is 1. The number of hydrogen-bond donors (Lipinski definition) is 17. The van der Waals surface area contributed by atoms with Gasteiger partial charge in [-0.3, -0.25) is 81.5 Å². The lowest BCUT2D eigenvalue weighted by atomic mass is 9.91. The summed E-state index contributed by atoms with van der Waals surface area (Å²) in [6.45, 7) is 4.07. The van der Waals surface area contributed by atoms with E-state index in [-0.39, 0.29) is 109 Å². The van der Waals surface area contributed by atoms with Crippen LogP contribution in [0.4, 0.5) is 0 Å². The van der Waals surface area contributed by atoms with Gasteiger partial charge < -0.3 is 121 Å². The molecule has 0 spiro atoms. The monoisotopic (exact) mass is 1860 g/mol. The van der Waals surface area contributed by atoms with Gasteiger partial charge in [0.05, 0.1) is 43.4 Å². The number of ketones is 2. The second-order valence-corrected chi connectivity index (χ2v) is 35.1. The van der Waals surface area contributed by atoms with Gasteiger partial charge >= 0.3 is 5.97 Å². The lowest BCUT2D eigenvalue weighted by molar-refractivity contribution is -0.150. The Bertz CT molecular complexity index is 4860. The van der Waals surface area contributed by atoms with Crippen LogP contribution in [-0.2, 0) is 101 Å². The maximum atomic E-state index is 15.8. The molecule has 22 N–H and O–H groups in total. The van der Waals surface area contributed by atoms with Gasteiger partial charge in [-0.1, -0.05) is 88.1 Å². The van der Waals surface area contributed by atoms with E-state index in [0.29, 0.717) is 76.3 Å². The number of amides is 14. The van der Waals surface area contributed by atoms with E-state index in [4.69, 9.17) is 33.4 Å². The van der Waals surface area contributed by atoms with E-state index in [1.807, 2.05) is 13.8 Å². The largest absolute Gasteiger partial charge is 0.497 e. The number of methoxy groups -OCH3 is 1. The van der Waals surface area contributed by atoms with Gasteiger partial charge in [-0.15, -0.1) is 11.8 Å². The first-order chi connectivity index (χ1) is 63.1. The van der Waals surface area contributed by atoms with Crippen molar-refractivity contribution in [3.63, 3.8) is 0 Å². The highest BCUT2D eigenvalue weighted by Crippen LogP contribution is 2.29. The number of likely N-dealkylation sites (N-methyl/N-ethyl adjacent to an activating group) is 3. The predicted molar refractivity (Wildman–Crippen MR) is 491 cm³/mol. The predicted octanol–water partition coefficient (Wildman–Crippen LogP) is -0.795. The van der Waals surface area contributed by atoms with Crippen LogP contribution in [0.3, 0.4) is 0 Å². The van der Waals surface area contributed by atoms with Gasteiger partial charge in [-0.05, 0) is 132 Å². The van der Waals surface area contributed by atoms with Crippen LogP contribution in [0.1, 0.15) is 159 Å². The van der Waals surface area contributed by atoms with Gasteiger partial charge in [0.1, 0.15) is 72.2 Å². The lowest BCUT2D eigenvalue weighted by Crippen LogP contribution is -2.61. The molecular weight excluding hydrogens is 1730 g/mol. The molecule has 132 heavy (non-hydrogen) atoms.